The zero-order valence-corrected chi connectivity index (χ0v) is 10.1. The van der Waals surface area contributed by atoms with Crippen molar-refractivity contribution in [2.75, 3.05) is 7.11 Å². The van der Waals surface area contributed by atoms with Gasteiger partial charge >= 0.3 is 5.97 Å². The molecular formula is C13H18O4. The van der Waals surface area contributed by atoms with Crippen molar-refractivity contribution in [1.29, 1.82) is 0 Å². The number of carbonyl (C=O) groups is 1. The monoisotopic (exact) mass is 238 g/mol. The van der Waals surface area contributed by atoms with Gasteiger partial charge in [-0.05, 0) is 31.4 Å². The van der Waals surface area contributed by atoms with Crippen LogP contribution in [-0.2, 0) is 11.2 Å². The number of carboxylic acids is 1. The summed E-state index contributed by atoms with van der Waals surface area (Å²) in [5.41, 5.74) is 0.850. The number of benzene rings is 1. The smallest absolute Gasteiger partial charge is 0.306 e. The van der Waals surface area contributed by atoms with E-state index in [1.54, 1.807) is 20.1 Å². The van der Waals surface area contributed by atoms with Gasteiger partial charge in [-0.2, -0.15) is 0 Å². The van der Waals surface area contributed by atoms with Gasteiger partial charge in [-0.1, -0.05) is 18.2 Å². The second-order valence-corrected chi connectivity index (χ2v) is 4.14. The standard InChI is InChI=1S/C13H18O4/c1-9(14)7-11(13(15)16)8-10-5-3-4-6-12(10)17-2/h3-6,9,11,14H,7-8H2,1-2H3,(H,15,16). The third-order valence-electron chi connectivity index (χ3n) is 2.63. The van der Waals surface area contributed by atoms with Crippen LogP contribution in [-0.4, -0.2) is 29.4 Å². The Labute approximate surface area is 101 Å². The second-order valence-electron chi connectivity index (χ2n) is 4.14. The van der Waals surface area contributed by atoms with Gasteiger partial charge in [-0.25, -0.2) is 0 Å². The maximum atomic E-state index is 11.1. The SMILES string of the molecule is COc1ccccc1CC(CC(C)O)C(=O)O. The third kappa shape index (κ3) is 4.07. The Morgan fingerprint density at radius 1 is 1.41 bits per heavy atom. The lowest BCUT2D eigenvalue weighted by Gasteiger charge is -2.15. The Balaban J connectivity index is 2.82. The predicted molar refractivity (Wildman–Crippen MR) is 64.1 cm³/mol. The molecule has 0 amide bonds. The summed E-state index contributed by atoms with van der Waals surface area (Å²) >= 11 is 0. The lowest BCUT2D eigenvalue weighted by Crippen LogP contribution is -2.21. The molecule has 2 unspecified atom stereocenters. The first-order valence-electron chi connectivity index (χ1n) is 5.57. The van der Waals surface area contributed by atoms with Crippen LogP contribution in [0.3, 0.4) is 0 Å². The Hall–Kier alpha value is -1.55. The molecule has 4 nitrogen and oxygen atoms in total. The summed E-state index contributed by atoms with van der Waals surface area (Å²) in [7, 11) is 1.56. The van der Waals surface area contributed by atoms with Crippen LogP contribution in [0.15, 0.2) is 24.3 Å². The van der Waals surface area contributed by atoms with Crippen LogP contribution >= 0.6 is 0 Å². The molecule has 0 bridgehead atoms. The molecule has 4 heteroatoms. The van der Waals surface area contributed by atoms with E-state index >= 15 is 0 Å². The number of hydrogen-bond acceptors (Lipinski definition) is 3. The van der Waals surface area contributed by atoms with Crippen molar-refractivity contribution in [3.63, 3.8) is 0 Å². The molecule has 1 aromatic rings. The third-order valence-corrected chi connectivity index (χ3v) is 2.63. The molecule has 2 N–H and O–H groups in total. The van der Waals surface area contributed by atoms with Gasteiger partial charge in [0.15, 0.2) is 0 Å². The van der Waals surface area contributed by atoms with Crippen molar-refractivity contribution >= 4 is 5.97 Å². The van der Waals surface area contributed by atoms with Gasteiger partial charge in [0.1, 0.15) is 5.75 Å². The minimum absolute atomic E-state index is 0.243. The molecular weight excluding hydrogens is 220 g/mol. The number of aliphatic carboxylic acids is 1. The van der Waals surface area contributed by atoms with Crippen LogP contribution in [0.4, 0.5) is 0 Å². The fourth-order valence-corrected chi connectivity index (χ4v) is 1.82. The molecule has 17 heavy (non-hydrogen) atoms. The van der Waals surface area contributed by atoms with Crippen LogP contribution in [0.5, 0.6) is 5.75 Å². The molecule has 0 aromatic heterocycles. The number of ether oxygens (including phenoxy) is 1. The minimum atomic E-state index is -0.892. The molecule has 0 heterocycles. The van der Waals surface area contributed by atoms with Crippen LogP contribution < -0.4 is 4.74 Å². The van der Waals surface area contributed by atoms with Gasteiger partial charge in [-0.15, -0.1) is 0 Å². The fourth-order valence-electron chi connectivity index (χ4n) is 1.82. The van der Waals surface area contributed by atoms with E-state index < -0.39 is 18.0 Å². The highest BCUT2D eigenvalue weighted by Gasteiger charge is 2.21. The minimum Gasteiger partial charge on any atom is -0.496 e. The molecule has 0 saturated heterocycles. The number of carboxylic acid groups (broad SMARTS) is 1. The Bertz CT molecular complexity index is 373. The summed E-state index contributed by atoms with van der Waals surface area (Å²) in [6.07, 6.45) is -0.0109. The molecule has 1 aromatic carbocycles. The first kappa shape index (κ1) is 13.5. The van der Waals surface area contributed by atoms with Crippen LogP contribution in [0.1, 0.15) is 18.9 Å². The number of aliphatic hydroxyl groups excluding tert-OH is 1. The molecule has 0 saturated carbocycles. The van der Waals surface area contributed by atoms with Crippen LogP contribution in [0, 0.1) is 5.92 Å². The average molecular weight is 238 g/mol. The average Bonchev–Trinajstić information content (AvgIpc) is 2.28. The molecule has 0 radical (unpaired) electrons. The summed E-state index contributed by atoms with van der Waals surface area (Å²) in [6, 6.07) is 7.33. The first-order valence-corrected chi connectivity index (χ1v) is 5.57. The Morgan fingerprint density at radius 3 is 2.59 bits per heavy atom. The summed E-state index contributed by atoms with van der Waals surface area (Å²) in [5.74, 6) is -0.799. The van der Waals surface area contributed by atoms with Crippen molar-refractivity contribution in [2.24, 2.45) is 5.92 Å². The molecule has 0 fully saturated rings. The fraction of sp³-hybridized carbons (Fsp3) is 0.462. The van der Waals surface area contributed by atoms with E-state index in [4.69, 9.17) is 9.84 Å². The van der Waals surface area contributed by atoms with Crippen molar-refractivity contribution in [2.45, 2.75) is 25.9 Å². The van der Waals surface area contributed by atoms with Crippen molar-refractivity contribution in [3.8, 4) is 5.75 Å². The van der Waals surface area contributed by atoms with E-state index in [9.17, 15) is 9.90 Å². The summed E-state index contributed by atoms with van der Waals surface area (Å²) in [5, 5.41) is 18.4. The quantitative estimate of drug-likeness (QED) is 0.791. The highest BCUT2D eigenvalue weighted by Crippen LogP contribution is 2.23. The molecule has 94 valence electrons. The summed E-state index contributed by atoms with van der Waals surface area (Å²) in [6.45, 7) is 1.60. The zero-order valence-electron chi connectivity index (χ0n) is 10.1. The largest absolute Gasteiger partial charge is 0.496 e. The molecule has 1 rings (SSSR count). The lowest BCUT2D eigenvalue weighted by molar-refractivity contribution is -0.142. The number of hydrogen-bond donors (Lipinski definition) is 2. The zero-order chi connectivity index (χ0) is 12.8. The highest BCUT2D eigenvalue weighted by atomic mass is 16.5. The number of rotatable bonds is 6. The van der Waals surface area contributed by atoms with E-state index in [1.807, 2.05) is 18.2 Å². The van der Waals surface area contributed by atoms with E-state index in [2.05, 4.69) is 0 Å². The Kier molecular flexibility index (Phi) is 4.97. The highest BCUT2D eigenvalue weighted by molar-refractivity contribution is 5.70. The van der Waals surface area contributed by atoms with Crippen LogP contribution in [0.2, 0.25) is 0 Å². The topological polar surface area (TPSA) is 66.8 Å². The maximum Gasteiger partial charge on any atom is 0.306 e. The normalized spacial score (nSPS) is 14.1. The first-order chi connectivity index (χ1) is 8.04. The molecule has 0 aliphatic rings. The lowest BCUT2D eigenvalue weighted by atomic mass is 9.94. The molecule has 0 spiro atoms. The van der Waals surface area contributed by atoms with Gasteiger partial charge in [0.2, 0.25) is 0 Å². The Morgan fingerprint density at radius 2 is 2.06 bits per heavy atom. The van der Waals surface area contributed by atoms with Crippen molar-refractivity contribution in [3.05, 3.63) is 29.8 Å². The molecule has 0 aliphatic heterocycles. The van der Waals surface area contributed by atoms with E-state index in [0.717, 1.165) is 5.56 Å². The van der Waals surface area contributed by atoms with Crippen molar-refractivity contribution < 1.29 is 19.7 Å². The van der Waals surface area contributed by atoms with Crippen LogP contribution in [0.25, 0.3) is 0 Å². The summed E-state index contributed by atoms with van der Waals surface area (Å²) < 4.78 is 5.18. The van der Waals surface area contributed by atoms with Gasteiger partial charge in [0.05, 0.1) is 19.1 Å². The van der Waals surface area contributed by atoms with Gasteiger partial charge in [-0.3, -0.25) is 4.79 Å². The maximum absolute atomic E-state index is 11.1. The van der Waals surface area contributed by atoms with E-state index in [-0.39, 0.29) is 6.42 Å². The van der Waals surface area contributed by atoms with E-state index in [1.165, 1.54) is 0 Å². The van der Waals surface area contributed by atoms with E-state index in [0.29, 0.717) is 12.2 Å². The number of methoxy groups -OCH3 is 1. The molecule has 2 atom stereocenters. The van der Waals surface area contributed by atoms with Gasteiger partial charge in [0.25, 0.3) is 0 Å². The van der Waals surface area contributed by atoms with Gasteiger partial charge in [0, 0.05) is 0 Å². The van der Waals surface area contributed by atoms with Crippen molar-refractivity contribution in [1.82, 2.24) is 0 Å². The number of para-hydroxylation sites is 1. The summed E-state index contributed by atoms with van der Waals surface area (Å²) in [4.78, 5) is 11.1. The predicted octanol–water partition coefficient (Wildman–Crippen LogP) is 1.71. The number of aliphatic hydroxyl groups is 1. The molecule has 0 aliphatic carbocycles. The van der Waals surface area contributed by atoms with Gasteiger partial charge < -0.3 is 14.9 Å². The second kappa shape index (κ2) is 6.25.